The van der Waals surface area contributed by atoms with Gasteiger partial charge in [0.15, 0.2) is 33.8 Å². The average Bonchev–Trinajstić information content (AvgIpc) is 3.62. The number of fused-ring (bicyclic) bond motifs is 3. The first kappa shape index (κ1) is 27.9. The predicted molar refractivity (Wildman–Crippen MR) is 152 cm³/mol. The molecule has 6 aromatic heterocycles. The summed E-state index contributed by atoms with van der Waals surface area (Å²) in [5, 5.41) is 0. The summed E-state index contributed by atoms with van der Waals surface area (Å²) >= 11 is 0. The maximum atomic E-state index is 11.4. The fourth-order valence-electron chi connectivity index (χ4n) is 3.81. The van der Waals surface area contributed by atoms with Gasteiger partial charge in [-0.25, -0.2) is 29.9 Å². The molecule has 0 aliphatic heterocycles. The third-order valence-electron chi connectivity index (χ3n) is 5.87. The largest absolute Gasteiger partial charge is 0.382 e. The van der Waals surface area contributed by atoms with Gasteiger partial charge in [-0.2, -0.15) is 4.98 Å². The van der Waals surface area contributed by atoms with Gasteiger partial charge in [-0.05, 0) is 41.5 Å². The van der Waals surface area contributed by atoms with Crippen molar-refractivity contribution >= 4 is 45.3 Å². The van der Waals surface area contributed by atoms with Gasteiger partial charge in [-0.15, -0.1) is 0 Å². The molecule has 0 aliphatic rings. The Balaban J connectivity index is 0.000000139. The minimum atomic E-state index is -0.299. The fraction of sp³-hybridized carbons (Fsp3) is 0.375. The van der Waals surface area contributed by atoms with E-state index < -0.39 is 0 Å². The molecule has 0 atom stereocenters. The van der Waals surface area contributed by atoms with Crippen LogP contribution in [0.15, 0.2) is 41.2 Å². The van der Waals surface area contributed by atoms with Crippen LogP contribution in [-0.2, 0) is 0 Å². The van der Waals surface area contributed by atoms with Crippen molar-refractivity contribution in [1.82, 2.24) is 58.6 Å². The number of nitrogens with one attached hydrogen (secondary N) is 2. The Bertz CT molecular complexity index is 1870. The van der Waals surface area contributed by atoms with Crippen molar-refractivity contribution in [1.29, 1.82) is 0 Å². The monoisotopic (exact) mass is 548 g/mol. The minimum absolute atomic E-state index is 0.116. The lowest BCUT2D eigenvalue weighted by Crippen LogP contribution is -2.12. The summed E-state index contributed by atoms with van der Waals surface area (Å²) in [4.78, 5) is 55.8. The van der Waals surface area contributed by atoms with Gasteiger partial charge in [0.05, 0.1) is 25.3 Å². The molecule has 0 spiro atoms. The molecule has 0 bridgehead atoms. The van der Waals surface area contributed by atoms with Gasteiger partial charge in [-0.1, -0.05) is 0 Å². The third kappa shape index (κ3) is 5.50. The van der Waals surface area contributed by atoms with Gasteiger partial charge in [0.1, 0.15) is 11.8 Å². The second-order valence-corrected chi connectivity index (χ2v) is 9.70. The van der Waals surface area contributed by atoms with E-state index in [1.54, 1.807) is 23.5 Å². The molecule has 0 aromatic carbocycles. The Kier molecular flexibility index (Phi) is 7.88. The Hall–Kier alpha value is -5.15. The number of H-pyrrole nitrogens is 2. The Labute approximate surface area is 227 Å². The number of rotatable bonds is 3. The van der Waals surface area contributed by atoms with E-state index in [1.165, 1.54) is 12.7 Å². The second-order valence-electron chi connectivity index (χ2n) is 9.70. The van der Waals surface area contributed by atoms with E-state index in [0.29, 0.717) is 39.7 Å². The average molecular weight is 549 g/mol. The van der Waals surface area contributed by atoms with Gasteiger partial charge in [0.25, 0.3) is 11.1 Å². The zero-order valence-electron chi connectivity index (χ0n) is 23.1. The first-order chi connectivity index (χ1) is 19.0. The summed E-state index contributed by atoms with van der Waals surface area (Å²) in [7, 11) is 0. The van der Waals surface area contributed by atoms with Crippen LogP contribution in [0.2, 0.25) is 0 Å². The number of anilines is 2. The highest BCUT2D eigenvalue weighted by Gasteiger charge is 2.11. The van der Waals surface area contributed by atoms with E-state index in [9.17, 15) is 9.59 Å². The number of hydrogen-bond acceptors (Lipinski definition) is 11. The van der Waals surface area contributed by atoms with Crippen molar-refractivity contribution in [2.24, 2.45) is 0 Å². The van der Waals surface area contributed by atoms with Gasteiger partial charge in [-0.3, -0.25) is 14.6 Å². The standard InChI is InChI=1S/C8H11N5O.C8H11N5.C8H10N4O/c1-4(2)13-3-10-5-6(13)11-8(9)12-7(5)14;1-5(2)13-4-12-6-7(9)10-3-11-8(6)13;1-5(2)12-4-11-6-7(12)9-3-10-8(6)13/h3-4H,1-2H3,(H3,9,11,12,14);3-5H,1-2H3,(H2,9,10,11);3-5H,1-2H3,(H,9,10,13). The van der Waals surface area contributed by atoms with E-state index in [4.69, 9.17) is 11.5 Å². The molecule has 0 saturated carbocycles. The van der Waals surface area contributed by atoms with Crippen LogP contribution in [0.1, 0.15) is 59.7 Å². The highest BCUT2D eigenvalue weighted by atomic mass is 16.1. The molecule has 40 heavy (non-hydrogen) atoms. The van der Waals surface area contributed by atoms with Crippen LogP contribution in [0.5, 0.6) is 0 Å². The molecule has 0 unspecified atom stereocenters. The van der Waals surface area contributed by atoms with E-state index in [0.717, 1.165) is 5.65 Å². The fourth-order valence-corrected chi connectivity index (χ4v) is 3.81. The SMILES string of the molecule is CC(C)n1cnc2c(=O)[nH]c(N)nc21.CC(C)n1cnc2c(=O)[nH]cnc21.CC(C)n1cnc2c(N)ncnc21. The molecule has 0 fully saturated rings. The molecule has 210 valence electrons. The summed E-state index contributed by atoms with van der Waals surface area (Å²) in [6, 6.07) is 0.798. The van der Waals surface area contributed by atoms with Crippen LogP contribution in [0.4, 0.5) is 11.8 Å². The smallest absolute Gasteiger partial charge is 0.280 e. The first-order valence-electron chi connectivity index (χ1n) is 12.5. The van der Waals surface area contributed by atoms with Crippen LogP contribution in [0.3, 0.4) is 0 Å². The number of nitrogens with zero attached hydrogens (tertiary/aromatic N) is 10. The number of imidazole rings is 3. The molecular formula is C24H32N14O2. The lowest BCUT2D eigenvalue weighted by Gasteiger charge is -2.06. The Morgan fingerprint density at radius 1 is 0.650 bits per heavy atom. The molecule has 6 heterocycles. The zero-order chi connectivity index (χ0) is 29.1. The van der Waals surface area contributed by atoms with Crippen molar-refractivity contribution < 1.29 is 0 Å². The van der Waals surface area contributed by atoms with E-state index in [1.807, 2.05) is 36.8 Å². The van der Waals surface area contributed by atoms with Crippen molar-refractivity contribution in [2.75, 3.05) is 11.5 Å². The summed E-state index contributed by atoms with van der Waals surface area (Å²) in [6.45, 7) is 12.1. The summed E-state index contributed by atoms with van der Waals surface area (Å²) in [5.74, 6) is 0.550. The zero-order valence-corrected chi connectivity index (χ0v) is 23.1. The second kappa shape index (κ2) is 11.3. The van der Waals surface area contributed by atoms with Crippen LogP contribution in [-0.4, -0.2) is 58.6 Å². The van der Waals surface area contributed by atoms with Gasteiger partial charge >= 0.3 is 0 Å². The van der Waals surface area contributed by atoms with Gasteiger partial charge in [0, 0.05) is 18.1 Å². The number of nitrogens with two attached hydrogens (primary N) is 2. The Morgan fingerprint density at radius 2 is 1.15 bits per heavy atom. The number of hydrogen-bond donors (Lipinski definition) is 4. The normalized spacial score (nSPS) is 11.3. The van der Waals surface area contributed by atoms with Crippen molar-refractivity contribution in [2.45, 2.75) is 59.7 Å². The highest BCUT2D eigenvalue weighted by Crippen LogP contribution is 2.17. The van der Waals surface area contributed by atoms with Crippen LogP contribution in [0, 0.1) is 0 Å². The number of aromatic amines is 2. The van der Waals surface area contributed by atoms with Crippen LogP contribution < -0.4 is 22.6 Å². The predicted octanol–water partition coefficient (Wildman–Crippen LogP) is 1.97. The maximum absolute atomic E-state index is 11.4. The molecule has 6 N–H and O–H groups in total. The van der Waals surface area contributed by atoms with E-state index >= 15 is 0 Å². The van der Waals surface area contributed by atoms with E-state index in [2.05, 4.69) is 58.7 Å². The van der Waals surface area contributed by atoms with Crippen molar-refractivity contribution in [3.8, 4) is 0 Å². The molecule has 16 nitrogen and oxygen atoms in total. The molecule has 6 aromatic rings. The topological polar surface area (TPSA) is 223 Å². The van der Waals surface area contributed by atoms with Gasteiger partial charge < -0.3 is 30.2 Å². The van der Waals surface area contributed by atoms with Crippen LogP contribution in [0.25, 0.3) is 33.5 Å². The van der Waals surface area contributed by atoms with Crippen LogP contribution >= 0.6 is 0 Å². The quantitative estimate of drug-likeness (QED) is 0.250. The highest BCUT2D eigenvalue weighted by molar-refractivity contribution is 5.81. The van der Waals surface area contributed by atoms with E-state index in [-0.39, 0.29) is 29.2 Å². The molecule has 0 radical (unpaired) electrons. The molecular weight excluding hydrogens is 516 g/mol. The number of aromatic nitrogens is 12. The summed E-state index contributed by atoms with van der Waals surface area (Å²) < 4.78 is 5.64. The lowest BCUT2D eigenvalue weighted by molar-refractivity contribution is 0.612. The first-order valence-corrected chi connectivity index (χ1v) is 12.5. The van der Waals surface area contributed by atoms with Gasteiger partial charge in [0.2, 0.25) is 5.95 Å². The summed E-state index contributed by atoms with van der Waals surface area (Å²) in [5.41, 5.74) is 14.0. The molecule has 0 amide bonds. The van der Waals surface area contributed by atoms with Crippen molar-refractivity contribution in [3.63, 3.8) is 0 Å². The molecule has 16 heteroatoms. The Morgan fingerprint density at radius 3 is 1.73 bits per heavy atom. The molecule has 6 rings (SSSR count). The minimum Gasteiger partial charge on any atom is -0.382 e. The maximum Gasteiger partial charge on any atom is 0.280 e. The third-order valence-corrected chi connectivity index (χ3v) is 5.87. The molecule has 0 saturated heterocycles. The molecule has 0 aliphatic carbocycles. The lowest BCUT2D eigenvalue weighted by atomic mass is 10.4. The summed E-state index contributed by atoms with van der Waals surface area (Å²) in [6.07, 6.45) is 7.82. The number of nitrogen functional groups attached to an aromatic ring is 2. The van der Waals surface area contributed by atoms with Crippen molar-refractivity contribution in [3.05, 3.63) is 52.3 Å².